The first kappa shape index (κ1) is 12.6. The van der Waals surface area contributed by atoms with Crippen LogP contribution in [0.25, 0.3) is 0 Å². The molecule has 0 unspecified atom stereocenters. The third-order valence-corrected chi connectivity index (χ3v) is 3.39. The van der Waals surface area contributed by atoms with Crippen molar-refractivity contribution in [3.8, 4) is 0 Å². The summed E-state index contributed by atoms with van der Waals surface area (Å²) in [5, 5.41) is 11.3. The zero-order chi connectivity index (χ0) is 10.3. The van der Waals surface area contributed by atoms with Crippen molar-refractivity contribution >= 4 is 13.3 Å². The summed E-state index contributed by atoms with van der Waals surface area (Å²) in [5.74, 6) is 0. The summed E-state index contributed by atoms with van der Waals surface area (Å²) in [6.45, 7) is 5.66. The van der Waals surface area contributed by atoms with Gasteiger partial charge in [0.1, 0.15) is 0 Å². The molecule has 0 spiro atoms. The Morgan fingerprint density at radius 3 is 2.15 bits per heavy atom. The summed E-state index contributed by atoms with van der Waals surface area (Å²) >= 11 is 0. The van der Waals surface area contributed by atoms with E-state index in [1.807, 2.05) is 0 Å². The molecule has 0 aliphatic heterocycles. The van der Waals surface area contributed by atoms with Gasteiger partial charge in [-0.15, -0.1) is 0 Å². The Hall–Kier alpha value is -0.380. The van der Waals surface area contributed by atoms with E-state index >= 15 is 0 Å². The van der Waals surface area contributed by atoms with Crippen molar-refractivity contribution in [3.63, 3.8) is 0 Å². The molecule has 78 valence electrons. The fraction of sp³-hybridized carbons (Fsp3) is 0.857. The van der Waals surface area contributed by atoms with E-state index in [2.05, 4.69) is 5.16 Å². The van der Waals surface area contributed by atoms with Gasteiger partial charge >= 0.3 is 7.60 Å². The van der Waals surface area contributed by atoms with Gasteiger partial charge in [0.05, 0.1) is 25.1 Å². The highest BCUT2D eigenvalue weighted by Gasteiger charge is 2.24. The van der Waals surface area contributed by atoms with Crippen LogP contribution in [0.4, 0.5) is 0 Å². The normalized spacial score (nSPS) is 13.3. The van der Waals surface area contributed by atoms with Gasteiger partial charge in [0.25, 0.3) is 0 Å². The third kappa shape index (κ3) is 5.03. The van der Waals surface area contributed by atoms with Crippen molar-refractivity contribution in [2.24, 2.45) is 5.16 Å². The highest BCUT2D eigenvalue weighted by molar-refractivity contribution is 7.54. The second kappa shape index (κ2) is 6.13. The zero-order valence-corrected chi connectivity index (χ0v) is 9.08. The molecule has 0 saturated heterocycles. The molecule has 0 bridgehead atoms. The molecule has 0 radical (unpaired) electrons. The molecule has 0 aliphatic carbocycles. The number of hydrogen-bond acceptors (Lipinski definition) is 5. The van der Waals surface area contributed by atoms with E-state index in [9.17, 15) is 4.57 Å². The second-order valence-corrected chi connectivity index (χ2v) is 4.49. The molecule has 1 N–H and O–H groups in total. The fourth-order valence-electron chi connectivity index (χ4n) is 0.834. The lowest BCUT2D eigenvalue weighted by Gasteiger charge is -2.15. The molecule has 0 saturated carbocycles. The highest BCUT2D eigenvalue weighted by Crippen LogP contribution is 2.47. The molecule has 13 heavy (non-hydrogen) atoms. The Labute approximate surface area is 78.3 Å². The summed E-state index contributed by atoms with van der Waals surface area (Å²) in [4.78, 5) is 0. The van der Waals surface area contributed by atoms with Crippen molar-refractivity contribution < 1.29 is 18.8 Å². The molecule has 0 amide bonds. The van der Waals surface area contributed by atoms with Crippen LogP contribution in [0.3, 0.4) is 0 Å². The summed E-state index contributed by atoms with van der Waals surface area (Å²) in [6.07, 6.45) is 0.0329. The molecule has 0 fully saturated rings. The van der Waals surface area contributed by atoms with Gasteiger partial charge in [-0.3, -0.25) is 4.57 Å². The summed E-state index contributed by atoms with van der Waals surface area (Å²) in [6, 6.07) is 0. The first-order valence-electron chi connectivity index (χ1n) is 4.13. The molecule has 0 aromatic rings. The van der Waals surface area contributed by atoms with E-state index in [0.29, 0.717) is 18.9 Å². The van der Waals surface area contributed by atoms with Crippen molar-refractivity contribution in [1.29, 1.82) is 0 Å². The molecular weight excluding hydrogens is 193 g/mol. The van der Waals surface area contributed by atoms with Gasteiger partial charge in [-0.25, -0.2) is 0 Å². The van der Waals surface area contributed by atoms with Gasteiger partial charge < -0.3 is 14.3 Å². The van der Waals surface area contributed by atoms with E-state index in [0.717, 1.165) is 0 Å². The van der Waals surface area contributed by atoms with Crippen LogP contribution >= 0.6 is 7.60 Å². The van der Waals surface area contributed by atoms with Gasteiger partial charge in [-0.1, -0.05) is 5.16 Å². The molecular formula is C7H16NO4P. The second-order valence-electron chi connectivity index (χ2n) is 2.44. The summed E-state index contributed by atoms with van der Waals surface area (Å²) < 4.78 is 21.7. The first-order chi connectivity index (χ1) is 6.08. The average Bonchev–Trinajstić information content (AvgIpc) is 2.04. The Bertz CT molecular complexity index is 207. The molecule has 0 heterocycles. The maximum absolute atomic E-state index is 11.7. The lowest BCUT2D eigenvalue weighted by molar-refractivity contribution is 0.223. The fourth-order valence-corrected chi connectivity index (χ4v) is 2.50. The molecule has 0 aromatic carbocycles. The smallest absolute Gasteiger partial charge is 0.336 e. The van der Waals surface area contributed by atoms with E-state index in [4.69, 9.17) is 14.3 Å². The topological polar surface area (TPSA) is 68.1 Å². The van der Waals surface area contributed by atoms with Crippen LogP contribution in [-0.2, 0) is 13.6 Å². The maximum atomic E-state index is 11.7. The molecule has 6 heteroatoms. The Morgan fingerprint density at radius 2 is 1.85 bits per heavy atom. The molecule has 0 aromatic heterocycles. The largest absolute Gasteiger partial charge is 0.411 e. The third-order valence-electron chi connectivity index (χ3n) is 1.24. The molecule has 0 aliphatic rings. The van der Waals surface area contributed by atoms with Crippen molar-refractivity contribution in [2.75, 3.05) is 19.4 Å². The van der Waals surface area contributed by atoms with E-state index in [-0.39, 0.29) is 6.16 Å². The van der Waals surface area contributed by atoms with Crippen LogP contribution in [0.15, 0.2) is 5.16 Å². The van der Waals surface area contributed by atoms with Crippen LogP contribution in [0.1, 0.15) is 20.8 Å². The van der Waals surface area contributed by atoms with Crippen molar-refractivity contribution in [1.82, 2.24) is 0 Å². The number of hydrogen-bond donors (Lipinski definition) is 1. The predicted octanol–water partition coefficient (Wildman–Crippen LogP) is 2.10. The quantitative estimate of drug-likeness (QED) is 0.315. The van der Waals surface area contributed by atoms with Crippen LogP contribution in [0, 0.1) is 0 Å². The van der Waals surface area contributed by atoms with Crippen molar-refractivity contribution in [2.45, 2.75) is 20.8 Å². The Morgan fingerprint density at radius 1 is 1.38 bits per heavy atom. The minimum absolute atomic E-state index is 0.0329. The monoisotopic (exact) mass is 209 g/mol. The van der Waals surface area contributed by atoms with Crippen LogP contribution < -0.4 is 0 Å². The lowest BCUT2D eigenvalue weighted by atomic mass is 10.5. The highest BCUT2D eigenvalue weighted by atomic mass is 31.2. The Kier molecular flexibility index (Phi) is 5.95. The number of rotatable bonds is 6. The lowest BCUT2D eigenvalue weighted by Crippen LogP contribution is -2.06. The summed E-state index contributed by atoms with van der Waals surface area (Å²) in [5.41, 5.74) is 0.338. The van der Waals surface area contributed by atoms with Crippen LogP contribution in [-0.4, -0.2) is 30.3 Å². The first-order valence-corrected chi connectivity index (χ1v) is 5.86. The maximum Gasteiger partial charge on any atom is 0.336 e. The zero-order valence-electron chi connectivity index (χ0n) is 8.19. The van der Waals surface area contributed by atoms with E-state index < -0.39 is 7.60 Å². The SMILES string of the molecule is CCOP(=O)(C/C(C)=N/O)OCC. The van der Waals surface area contributed by atoms with Crippen molar-refractivity contribution in [3.05, 3.63) is 0 Å². The van der Waals surface area contributed by atoms with Gasteiger partial charge in [0, 0.05) is 0 Å². The minimum atomic E-state index is -3.08. The van der Waals surface area contributed by atoms with Gasteiger partial charge in [0.2, 0.25) is 0 Å². The number of oxime groups is 1. The Balaban J connectivity index is 4.32. The van der Waals surface area contributed by atoms with Gasteiger partial charge in [0.15, 0.2) is 0 Å². The van der Waals surface area contributed by atoms with E-state index in [1.165, 1.54) is 0 Å². The van der Waals surface area contributed by atoms with Gasteiger partial charge in [-0.05, 0) is 20.8 Å². The molecule has 0 rings (SSSR count). The number of nitrogens with zero attached hydrogens (tertiary/aromatic N) is 1. The van der Waals surface area contributed by atoms with E-state index in [1.54, 1.807) is 20.8 Å². The molecule has 5 nitrogen and oxygen atoms in total. The summed E-state index contributed by atoms with van der Waals surface area (Å²) in [7, 11) is -3.08. The predicted molar refractivity (Wildman–Crippen MR) is 50.6 cm³/mol. The molecule has 0 atom stereocenters. The van der Waals surface area contributed by atoms with Crippen LogP contribution in [0.5, 0.6) is 0 Å². The standard InChI is InChI=1S/C7H16NO4P/c1-4-11-13(10,12-5-2)6-7(3)8-9/h9H,4-6H2,1-3H3/b8-7+. The minimum Gasteiger partial charge on any atom is -0.411 e. The van der Waals surface area contributed by atoms with Crippen LogP contribution in [0.2, 0.25) is 0 Å². The van der Waals surface area contributed by atoms with Gasteiger partial charge in [-0.2, -0.15) is 0 Å². The average molecular weight is 209 g/mol.